The Bertz CT molecular complexity index is 1230. The summed E-state index contributed by atoms with van der Waals surface area (Å²) in [7, 11) is 0. The smallest absolute Gasteiger partial charge is 0.292 e. The first-order valence-corrected chi connectivity index (χ1v) is 12.8. The van der Waals surface area contributed by atoms with Gasteiger partial charge in [0.05, 0.1) is 6.20 Å². The fraction of sp³-hybridized carbons (Fsp3) is 0.444. The summed E-state index contributed by atoms with van der Waals surface area (Å²) >= 11 is 0. The predicted octanol–water partition coefficient (Wildman–Crippen LogP) is 3.64. The van der Waals surface area contributed by atoms with Crippen LogP contribution in [0.2, 0.25) is 0 Å². The molecule has 6 rings (SSSR count). The van der Waals surface area contributed by atoms with Gasteiger partial charge in [-0.15, -0.1) is 0 Å². The number of rotatable bonds is 3. The number of anilines is 2. The van der Waals surface area contributed by atoms with E-state index in [0.717, 1.165) is 23.8 Å². The quantitative estimate of drug-likeness (QED) is 0.483. The van der Waals surface area contributed by atoms with E-state index in [1.807, 2.05) is 0 Å². The van der Waals surface area contributed by atoms with Crippen molar-refractivity contribution in [3.8, 4) is 17.4 Å². The Morgan fingerprint density at radius 2 is 1.89 bits per heavy atom. The second kappa shape index (κ2) is 12.3. The summed E-state index contributed by atoms with van der Waals surface area (Å²) < 4.78 is 5.12. The van der Waals surface area contributed by atoms with Crippen LogP contribution in [0.5, 0.6) is 0 Å². The van der Waals surface area contributed by atoms with Crippen molar-refractivity contribution in [3.05, 3.63) is 54.1 Å². The normalized spacial score (nSPS) is 20.3. The maximum Gasteiger partial charge on any atom is 0.292 e. The van der Waals surface area contributed by atoms with Crippen LogP contribution in [0.25, 0.3) is 11.3 Å². The lowest BCUT2D eigenvalue weighted by atomic mass is 9.97. The maximum atomic E-state index is 10.9. The van der Waals surface area contributed by atoms with E-state index >= 15 is 0 Å². The number of carbonyl (C=O) groups is 1. The third kappa shape index (κ3) is 7.05. The van der Waals surface area contributed by atoms with Gasteiger partial charge in [0.2, 0.25) is 5.91 Å². The first kappa shape index (κ1) is 26.1. The minimum atomic E-state index is -0.482. The minimum Gasteiger partial charge on any atom is -0.424 e. The molecule has 1 saturated heterocycles. The van der Waals surface area contributed by atoms with Gasteiger partial charge < -0.3 is 26.5 Å². The second-order valence-electron chi connectivity index (χ2n) is 9.76. The second-order valence-corrected chi connectivity index (χ2v) is 9.76. The number of fused-ring (bicyclic) bond motifs is 2. The van der Waals surface area contributed by atoms with Crippen LogP contribution in [0.3, 0.4) is 0 Å². The molecule has 3 aliphatic rings. The summed E-state index contributed by atoms with van der Waals surface area (Å²) in [5, 5.41) is 8.78. The van der Waals surface area contributed by atoms with Gasteiger partial charge >= 0.3 is 0 Å². The molecular weight excluding hydrogens is 468 g/mol. The molecule has 2 bridgehead atoms. The summed E-state index contributed by atoms with van der Waals surface area (Å²) in [5.74, 6) is 1.80. The van der Waals surface area contributed by atoms with Crippen molar-refractivity contribution in [2.45, 2.75) is 63.5 Å². The molecule has 3 fully saturated rings. The van der Waals surface area contributed by atoms with E-state index in [4.69, 9.17) is 26.9 Å². The lowest BCUT2D eigenvalue weighted by Gasteiger charge is -2.27. The Morgan fingerprint density at radius 3 is 2.46 bits per heavy atom. The number of amides is 1. The summed E-state index contributed by atoms with van der Waals surface area (Å²) in [6.07, 6.45) is 13.6. The number of nitrogen functional groups attached to an aromatic ring is 1. The summed E-state index contributed by atoms with van der Waals surface area (Å²) in [5.41, 5.74) is 17.7. The summed E-state index contributed by atoms with van der Waals surface area (Å²) in [6.45, 7) is 1.10. The summed E-state index contributed by atoms with van der Waals surface area (Å²) in [6, 6.07) is 11.9. The van der Waals surface area contributed by atoms with Crippen molar-refractivity contribution in [1.82, 2.24) is 15.0 Å². The molecule has 194 valence electrons. The molecule has 2 aromatic heterocycles. The zero-order valence-corrected chi connectivity index (χ0v) is 20.9. The molecular formula is C27H34N8O2. The number of nitriles is 1. The number of carbonyl (C=O) groups excluding carboxylic acids is 1. The Hall–Kier alpha value is -3.97. The molecule has 1 aromatic carbocycles. The molecule has 1 aliphatic heterocycles. The number of benzene rings is 1. The van der Waals surface area contributed by atoms with Gasteiger partial charge in [0.15, 0.2) is 5.76 Å². The van der Waals surface area contributed by atoms with Crippen LogP contribution < -0.4 is 22.1 Å². The highest BCUT2D eigenvalue weighted by Gasteiger charge is 2.38. The third-order valence-corrected chi connectivity index (χ3v) is 7.08. The van der Waals surface area contributed by atoms with Crippen LogP contribution in [-0.4, -0.2) is 39.5 Å². The van der Waals surface area contributed by atoms with Crippen LogP contribution in [0.4, 0.5) is 11.8 Å². The average molecular weight is 503 g/mol. The van der Waals surface area contributed by atoms with Crippen LogP contribution in [0.1, 0.15) is 67.4 Å². The predicted molar refractivity (Wildman–Crippen MR) is 141 cm³/mol. The van der Waals surface area contributed by atoms with Crippen molar-refractivity contribution in [2.24, 2.45) is 17.4 Å². The van der Waals surface area contributed by atoms with E-state index in [-0.39, 0.29) is 6.01 Å². The van der Waals surface area contributed by atoms with Crippen molar-refractivity contribution in [3.63, 3.8) is 0 Å². The van der Waals surface area contributed by atoms with Gasteiger partial charge in [-0.1, -0.05) is 31.4 Å². The van der Waals surface area contributed by atoms with E-state index in [0.29, 0.717) is 29.1 Å². The molecule has 10 heteroatoms. The Labute approximate surface area is 216 Å². The Kier molecular flexibility index (Phi) is 8.69. The molecule has 1 amide bonds. The Morgan fingerprint density at radius 1 is 1.08 bits per heavy atom. The van der Waals surface area contributed by atoms with Crippen molar-refractivity contribution in [2.75, 3.05) is 17.2 Å². The zero-order chi connectivity index (χ0) is 26.2. The molecule has 37 heavy (non-hydrogen) atoms. The molecule has 2 saturated carbocycles. The highest BCUT2D eigenvalue weighted by molar-refractivity contribution is 5.93. The van der Waals surface area contributed by atoms with Gasteiger partial charge in [-0.05, 0) is 50.2 Å². The molecule has 2 aliphatic carbocycles. The van der Waals surface area contributed by atoms with Crippen LogP contribution in [0.15, 0.2) is 47.3 Å². The van der Waals surface area contributed by atoms with Crippen LogP contribution in [-0.2, 0) is 0 Å². The molecule has 6 N–H and O–H groups in total. The average Bonchev–Trinajstić information content (AvgIpc) is 3.68. The number of nitrogens with two attached hydrogens (primary N) is 3. The van der Waals surface area contributed by atoms with Crippen LogP contribution >= 0.6 is 0 Å². The van der Waals surface area contributed by atoms with E-state index in [1.54, 1.807) is 30.3 Å². The molecule has 3 heterocycles. The van der Waals surface area contributed by atoms with E-state index < -0.39 is 5.91 Å². The molecule has 2 atom stereocenters. The molecule has 3 aromatic rings. The van der Waals surface area contributed by atoms with Gasteiger partial charge in [0.1, 0.15) is 23.9 Å². The van der Waals surface area contributed by atoms with Crippen molar-refractivity contribution in [1.29, 1.82) is 5.26 Å². The molecule has 0 radical (unpaired) electrons. The molecule has 0 unspecified atom stereocenters. The van der Waals surface area contributed by atoms with E-state index in [9.17, 15) is 4.79 Å². The molecule has 0 spiro atoms. The fourth-order valence-corrected chi connectivity index (χ4v) is 5.15. The standard InChI is InChI=1S/C11H12N4.C10H9N3O2.C6H13N/c12-5-9-4-11(14-7-13-9)15-6-8-1-2-10(15)3-8;11-9(14)7-3-1-2-6(4-7)8-5-13-10(12)15-8;7-6-4-2-1-3-5-6/h4,7-8,10H,1-3,6H2;1-5H,(H2,11,14)(H2,12,13);6H,1-5,7H2/t8-,10+;;/m1../s1. The number of aromatic nitrogens is 3. The first-order valence-electron chi connectivity index (χ1n) is 12.8. The topological polar surface area (TPSA) is 174 Å². The number of oxazole rings is 1. The molecule has 10 nitrogen and oxygen atoms in total. The number of hydrogen-bond acceptors (Lipinski definition) is 9. The van der Waals surface area contributed by atoms with Gasteiger partial charge in [0, 0.05) is 35.8 Å². The monoisotopic (exact) mass is 502 g/mol. The van der Waals surface area contributed by atoms with Gasteiger partial charge in [-0.3, -0.25) is 4.79 Å². The fourth-order valence-electron chi connectivity index (χ4n) is 5.15. The number of hydrogen-bond donors (Lipinski definition) is 3. The lowest BCUT2D eigenvalue weighted by molar-refractivity contribution is 0.100. The van der Waals surface area contributed by atoms with Gasteiger partial charge in [-0.25, -0.2) is 15.0 Å². The van der Waals surface area contributed by atoms with Gasteiger partial charge in [0.25, 0.3) is 6.01 Å². The lowest BCUT2D eigenvalue weighted by Crippen LogP contribution is -2.32. The summed E-state index contributed by atoms with van der Waals surface area (Å²) in [4.78, 5) is 25.2. The van der Waals surface area contributed by atoms with E-state index in [2.05, 4.69) is 25.9 Å². The number of nitrogens with zero attached hydrogens (tertiary/aromatic N) is 5. The Balaban J connectivity index is 0.000000139. The zero-order valence-electron chi connectivity index (χ0n) is 20.9. The third-order valence-electron chi connectivity index (χ3n) is 7.08. The highest BCUT2D eigenvalue weighted by atomic mass is 16.4. The minimum absolute atomic E-state index is 0.0921. The number of primary amides is 1. The maximum absolute atomic E-state index is 10.9. The SMILES string of the molecule is N#Cc1cc(N2C[C@@H]3CC[C@H]2C3)ncn1.NC(=O)c1cccc(-c2cnc(N)o2)c1.NC1CCCCC1. The highest BCUT2D eigenvalue weighted by Crippen LogP contribution is 2.39. The number of piperidine rings is 1. The van der Waals surface area contributed by atoms with Crippen LogP contribution in [0, 0.1) is 17.2 Å². The first-order chi connectivity index (χ1) is 17.9. The van der Waals surface area contributed by atoms with Crippen molar-refractivity contribution >= 4 is 17.7 Å². The van der Waals surface area contributed by atoms with Gasteiger partial charge in [-0.2, -0.15) is 5.26 Å². The van der Waals surface area contributed by atoms with Crippen molar-refractivity contribution < 1.29 is 9.21 Å². The van der Waals surface area contributed by atoms with E-state index in [1.165, 1.54) is 63.9 Å². The largest absolute Gasteiger partial charge is 0.424 e.